The van der Waals surface area contributed by atoms with Crippen LogP contribution in [0, 0.1) is 0 Å². The van der Waals surface area contributed by atoms with E-state index in [0.29, 0.717) is 5.56 Å². The molecule has 4 rings (SSSR count). The Balaban J connectivity index is 1.68. The first-order valence-corrected chi connectivity index (χ1v) is 9.93. The lowest BCUT2D eigenvalue weighted by atomic mass is 10.1. The Morgan fingerprint density at radius 1 is 1.14 bits per heavy atom. The van der Waals surface area contributed by atoms with E-state index in [4.69, 9.17) is 10.5 Å². The molecule has 1 aromatic heterocycles. The van der Waals surface area contributed by atoms with E-state index in [1.165, 1.54) is 17.5 Å². The molecule has 3 aromatic rings. The van der Waals surface area contributed by atoms with Gasteiger partial charge in [0.2, 0.25) is 15.9 Å². The molecule has 9 heteroatoms. The minimum Gasteiger partial charge on any atom is -0.495 e. The van der Waals surface area contributed by atoms with Gasteiger partial charge >= 0.3 is 0 Å². The first-order valence-electron chi connectivity index (χ1n) is 8.49. The molecular formula is C19H18N4O4S. The van der Waals surface area contributed by atoms with Crippen LogP contribution in [0.15, 0.2) is 53.7 Å². The Bertz CT molecular complexity index is 1160. The normalized spacial score (nSPS) is 14.0. The smallest absolute Gasteiger partial charge is 0.248 e. The van der Waals surface area contributed by atoms with Gasteiger partial charge in [-0.1, -0.05) is 12.1 Å². The second-order valence-electron chi connectivity index (χ2n) is 6.47. The zero-order chi connectivity index (χ0) is 19.9. The van der Waals surface area contributed by atoms with E-state index < -0.39 is 15.9 Å². The number of benzene rings is 2. The molecule has 0 spiro atoms. The number of aromatic amines is 1. The Morgan fingerprint density at radius 3 is 2.61 bits per heavy atom. The van der Waals surface area contributed by atoms with Gasteiger partial charge in [-0.15, -0.1) is 0 Å². The van der Waals surface area contributed by atoms with Crippen molar-refractivity contribution in [3.8, 4) is 16.9 Å². The third kappa shape index (κ3) is 3.04. The highest BCUT2D eigenvalue weighted by atomic mass is 32.2. The quantitative estimate of drug-likeness (QED) is 0.680. The molecule has 0 aliphatic carbocycles. The van der Waals surface area contributed by atoms with Crippen LogP contribution in [0.2, 0.25) is 0 Å². The van der Waals surface area contributed by atoms with Gasteiger partial charge in [0.05, 0.1) is 13.3 Å². The first kappa shape index (κ1) is 18.2. The Labute approximate surface area is 162 Å². The van der Waals surface area contributed by atoms with Gasteiger partial charge < -0.3 is 10.5 Å². The van der Waals surface area contributed by atoms with Crippen molar-refractivity contribution >= 4 is 15.9 Å². The van der Waals surface area contributed by atoms with Crippen molar-refractivity contribution in [1.29, 1.82) is 0 Å². The van der Waals surface area contributed by atoms with Crippen LogP contribution in [0.4, 0.5) is 0 Å². The van der Waals surface area contributed by atoms with Crippen LogP contribution >= 0.6 is 0 Å². The number of hydrogen-bond donors (Lipinski definition) is 2. The van der Waals surface area contributed by atoms with E-state index in [0.717, 1.165) is 22.3 Å². The first-order chi connectivity index (χ1) is 13.4. The number of hydrogen-bond acceptors (Lipinski definition) is 5. The average molecular weight is 398 g/mol. The maximum absolute atomic E-state index is 13.2. The summed E-state index contributed by atoms with van der Waals surface area (Å²) in [5.41, 5.74) is 8.92. The molecule has 0 radical (unpaired) electrons. The molecule has 0 saturated carbocycles. The summed E-state index contributed by atoms with van der Waals surface area (Å²) in [6, 6.07) is 9.92. The zero-order valence-electron chi connectivity index (χ0n) is 15.0. The highest BCUT2D eigenvalue weighted by molar-refractivity contribution is 7.89. The maximum atomic E-state index is 13.2. The predicted molar refractivity (Wildman–Crippen MR) is 102 cm³/mol. The van der Waals surface area contributed by atoms with E-state index in [-0.39, 0.29) is 23.7 Å². The molecule has 0 bridgehead atoms. The van der Waals surface area contributed by atoms with Crippen molar-refractivity contribution in [2.24, 2.45) is 5.73 Å². The summed E-state index contributed by atoms with van der Waals surface area (Å²) in [6.45, 7) is 0.398. The molecular weight excluding hydrogens is 380 g/mol. The Kier molecular flexibility index (Phi) is 4.40. The van der Waals surface area contributed by atoms with E-state index in [9.17, 15) is 13.2 Å². The number of rotatable bonds is 5. The summed E-state index contributed by atoms with van der Waals surface area (Å²) in [5, 5.41) is 6.63. The zero-order valence-corrected chi connectivity index (χ0v) is 15.9. The lowest BCUT2D eigenvalue weighted by Gasteiger charge is -2.18. The number of carbonyl (C=O) groups excluding carboxylic acids is 1. The van der Waals surface area contributed by atoms with Gasteiger partial charge in [-0.2, -0.15) is 9.40 Å². The van der Waals surface area contributed by atoms with E-state index in [1.807, 2.05) is 0 Å². The van der Waals surface area contributed by atoms with Gasteiger partial charge in [0.15, 0.2) is 0 Å². The largest absolute Gasteiger partial charge is 0.495 e. The summed E-state index contributed by atoms with van der Waals surface area (Å²) in [4.78, 5) is 11.5. The highest BCUT2D eigenvalue weighted by Crippen LogP contribution is 2.35. The highest BCUT2D eigenvalue weighted by Gasteiger charge is 2.33. The molecule has 0 saturated heterocycles. The average Bonchev–Trinajstić information content (AvgIpc) is 3.36. The van der Waals surface area contributed by atoms with Gasteiger partial charge in [-0.05, 0) is 41.0 Å². The number of sulfonamides is 1. The molecule has 1 aliphatic heterocycles. The summed E-state index contributed by atoms with van der Waals surface area (Å²) in [7, 11) is -2.36. The second-order valence-corrected chi connectivity index (χ2v) is 8.38. The summed E-state index contributed by atoms with van der Waals surface area (Å²) in [6.07, 6.45) is 3.37. The fraction of sp³-hybridized carbons (Fsp3) is 0.158. The van der Waals surface area contributed by atoms with Crippen molar-refractivity contribution in [1.82, 2.24) is 14.5 Å². The fourth-order valence-corrected chi connectivity index (χ4v) is 4.83. The molecule has 28 heavy (non-hydrogen) atoms. The number of fused-ring (bicyclic) bond motifs is 1. The van der Waals surface area contributed by atoms with Crippen molar-refractivity contribution in [2.45, 2.75) is 18.0 Å². The SMILES string of the molecule is COc1cc(-c2cn[nH]c2)ccc1S(=O)(=O)N1Cc2ccc(C(N)=O)cc2C1. The second kappa shape index (κ2) is 6.77. The summed E-state index contributed by atoms with van der Waals surface area (Å²) in [5.74, 6) is -0.284. The molecule has 1 aliphatic rings. The fourth-order valence-electron chi connectivity index (χ4n) is 3.29. The number of nitrogens with one attached hydrogen (secondary N) is 1. The molecule has 0 fully saturated rings. The minimum absolute atomic E-state index is 0.0881. The Morgan fingerprint density at radius 2 is 1.93 bits per heavy atom. The topological polar surface area (TPSA) is 118 Å². The lowest BCUT2D eigenvalue weighted by molar-refractivity contribution is 0.1000. The van der Waals surface area contributed by atoms with Crippen LogP contribution in [0.5, 0.6) is 5.75 Å². The van der Waals surface area contributed by atoms with Crippen molar-refractivity contribution in [3.63, 3.8) is 0 Å². The van der Waals surface area contributed by atoms with Crippen LogP contribution in [0.3, 0.4) is 0 Å². The van der Waals surface area contributed by atoms with Gasteiger partial charge in [-0.3, -0.25) is 9.89 Å². The van der Waals surface area contributed by atoms with Crippen LogP contribution in [0.25, 0.3) is 11.1 Å². The number of nitrogens with zero attached hydrogens (tertiary/aromatic N) is 2. The molecule has 1 amide bonds. The third-order valence-corrected chi connectivity index (χ3v) is 6.63. The van der Waals surface area contributed by atoms with Crippen molar-refractivity contribution < 1.29 is 17.9 Å². The number of primary amides is 1. The molecule has 0 unspecified atom stereocenters. The summed E-state index contributed by atoms with van der Waals surface area (Å²) >= 11 is 0. The van der Waals surface area contributed by atoms with Gasteiger partial charge in [0, 0.05) is 30.4 Å². The van der Waals surface area contributed by atoms with Crippen LogP contribution < -0.4 is 10.5 Å². The number of aromatic nitrogens is 2. The maximum Gasteiger partial charge on any atom is 0.248 e. The molecule has 8 nitrogen and oxygen atoms in total. The molecule has 2 aromatic carbocycles. The van der Waals surface area contributed by atoms with Crippen molar-refractivity contribution in [2.75, 3.05) is 7.11 Å². The number of nitrogens with two attached hydrogens (primary N) is 1. The minimum atomic E-state index is -3.80. The van der Waals surface area contributed by atoms with E-state index >= 15 is 0 Å². The van der Waals surface area contributed by atoms with Gasteiger partial charge in [0.1, 0.15) is 10.6 Å². The number of carbonyl (C=O) groups is 1. The van der Waals surface area contributed by atoms with E-state index in [2.05, 4.69) is 10.2 Å². The standard InChI is InChI=1S/C19H18N4O4S/c1-27-17-7-12(16-8-21-22-9-16)4-5-18(17)28(25,26)23-10-14-3-2-13(19(20)24)6-15(14)11-23/h2-9H,10-11H2,1H3,(H2,20,24)(H,21,22). The van der Waals surface area contributed by atoms with Crippen LogP contribution in [0.1, 0.15) is 21.5 Å². The number of methoxy groups -OCH3 is 1. The van der Waals surface area contributed by atoms with Gasteiger partial charge in [0.25, 0.3) is 0 Å². The van der Waals surface area contributed by atoms with Crippen LogP contribution in [-0.4, -0.2) is 35.9 Å². The number of H-pyrrole nitrogens is 1. The third-order valence-electron chi connectivity index (χ3n) is 4.80. The van der Waals surface area contributed by atoms with Crippen molar-refractivity contribution in [3.05, 3.63) is 65.5 Å². The molecule has 144 valence electrons. The summed E-state index contributed by atoms with van der Waals surface area (Å²) < 4.78 is 33.2. The van der Waals surface area contributed by atoms with Crippen LogP contribution in [-0.2, 0) is 23.1 Å². The molecule has 0 atom stereocenters. The molecule has 2 heterocycles. The lowest BCUT2D eigenvalue weighted by Crippen LogP contribution is -2.26. The van der Waals surface area contributed by atoms with Gasteiger partial charge in [-0.25, -0.2) is 8.42 Å². The number of amides is 1. The van der Waals surface area contributed by atoms with E-state index in [1.54, 1.807) is 42.7 Å². The predicted octanol–water partition coefficient (Wildman–Crippen LogP) is 1.89. The Hall–Kier alpha value is -3.17. The number of ether oxygens (including phenoxy) is 1. The molecule has 3 N–H and O–H groups in total. The monoisotopic (exact) mass is 398 g/mol.